The number of aromatic nitrogens is 2. The molecule has 0 unspecified atom stereocenters. The Balaban J connectivity index is 1.60. The van der Waals surface area contributed by atoms with Crippen LogP contribution in [-0.4, -0.2) is 9.13 Å². The van der Waals surface area contributed by atoms with Crippen LogP contribution in [0.5, 0.6) is 0 Å². The number of benzene rings is 4. The third-order valence-corrected chi connectivity index (χ3v) is 7.41. The zero-order valence-electron chi connectivity index (χ0n) is 21.6. The fourth-order valence-electron chi connectivity index (χ4n) is 5.56. The molecule has 0 aliphatic carbocycles. The monoisotopic (exact) mass is 478 g/mol. The van der Waals surface area contributed by atoms with Gasteiger partial charge in [0.05, 0.1) is 22.1 Å². The molecule has 6 aromatic rings. The lowest BCUT2D eigenvalue weighted by Crippen LogP contribution is -1.94. The first kappa shape index (κ1) is 22.9. The lowest BCUT2D eigenvalue weighted by atomic mass is 10.0. The highest BCUT2D eigenvalue weighted by Crippen LogP contribution is 2.37. The van der Waals surface area contributed by atoms with Gasteiger partial charge in [-0.2, -0.15) is 0 Å². The van der Waals surface area contributed by atoms with E-state index < -0.39 is 0 Å². The van der Waals surface area contributed by atoms with Gasteiger partial charge >= 0.3 is 0 Å². The molecule has 0 amide bonds. The van der Waals surface area contributed by atoms with Crippen LogP contribution in [0, 0.1) is 0 Å². The van der Waals surface area contributed by atoms with Gasteiger partial charge in [-0.25, -0.2) is 0 Å². The first-order chi connectivity index (χ1) is 18.2. The largest absolute Gasteiger partial charge is 0.314 e. The summed E-state index contributed by atoms with van der Waals surface area (Å²) in [6, 6.07) is 31.0. The summed E-state index contributed by atoms with van der Waals surface area (Å²) >= 11 is 0. The van der Waals surface area contributed by atoms with E-state index in [0.717, 1.165) is 5.70 Å². The third kappa shape index (κ3) is 3.56. The van der Waals surface area contributed by atoms with Crippen LogP contribution in [0.15, 0.2) is 122 Å². The Hall–Kier alpha value is -4.56. The van der Waals surface area contributed by atoms with Gasteiger partial charge < -0.3 is 9.13 Å². The molecule has 0 aliphatic rings. The molecule has 0 atom stereocenters. The molecule has 0 radical (unpaired) electrons. The van der Waals surface area contributed by atoms with Crippen molar-refractivity contribution in [2.75, 3.05) is 0 Å². The molecule has 0 N–H and O–H groups in total. The van der Waals surface area contributed by atoms with Crippen molar-refractivity contribution in [3.63, 3.8) is 0 Å². The van der Waals surface area contributed by atoms with Gasteiger partial charge in [-0.15, -0.1) is 0 Å². The first-order valence-electron chi connectivity index (χ1n) is 12.8. The summed E-state index contributed by atoms with van der Waals surface area (Å²) in [5.74, 6) is 0. The Bertz CT molecular complexity index is 1920. The highest BCUT2D eigenvalue weighted by Gasteiger charge is 2.15. The molecule has 2 nitrogen and oxygen atoms in total. The van der Waals surface area contributed by atoms with Crippen LogP contribution in [0.1, 0.15) is 20.8 Å². The molecule has 2 heterocycles. The SMILES string of the molecule is C=C/C=C\C(=C/C)n1c2ccccc2c2cc(-c3ccc4c5ccccc5n(/C(C)=C/C)c4c3)ccc21. The van der Waals surface area contributed by atoms with Crippen LogP contribution in [0.25, 0.3) is 66.1 Å². The first-order valence-corrected chi connectivity index (χ1v) is 12.8. The van der Waals surface area contributed by atoms with E-state index in [-0.39, 0.29) is 0 Å². The summed E-state index contributed by atoms with van der Waals surface area (Å²) in [6.07, 6.45) is 10.3. The van der Waals surface area contributed by atoms with E-state index in [1.165, 1.54) is 60.4 Å². The predicted octanol–water partition coefficient (Wildman–Crippen LogP) is 10.1. The van der Waals surface area contributed by atoms with E-state index in [4.69, 9.17) is 0 Å². The summed E-state index contributed by atoms with van der Waals surface area (Å²) in [5, 5.41) is 5.08. The zero-order valence-corrected chi connectivity index (χ0v) is 21.6. The molecule has 0 saturated heterocycles. The molecule has 2 heteroatoms. The Morgan fingerprint density at radius 2 is 1.22 bits per heavy atom. The molecule has 2 aromatic heterocycles. The van der Waals surface area contributed by atoms with Crippen molar-refractivity contribution in [3.05, 3.63) is 122 Å². The van der Waals surface area contributed by atoms with E-state index in [2.05, 4.69) is 140 Å². The van der Waals surface area contributed by atoms with Gasteiger partial charge in [0.15, 0.2) is 0 Å². The Morgan fingerprint density at radius 3 is 1.92 bits per heavy atom. The standard InChI is InChI=1S/C35H30N2/c1-5-8-13-27(7-3)37-33-17-12-10-15-29(33)31-22-25(19-21-34(31)37)26-18-20-30-28-14-9-11-16-32(28)36(24(4)6-2)35(30)23-26/h5-23H,1H2,2-4H3/b13-8-,24-6+,27-7+. The van der Waals surface area contributed by atoms with Crippen LogP contribution in [0.2, 0.25) is 0 Å². The number of para-hydroxylation sites is 2. The van der Waals surface area contributed by atoms with E-state index in [9.17, 15) is 0 Å². The van der Waals surface area contributed by atoms with E-state index in [1.54, 1.807) is 0 Å². The van der Waals surface area contributed by atoms with E-state index >= 15 is 0 Å². The maximum atomic E-state index is 3.85. The molecule has 0 fully saturated rings. The molecule has 0 spiro atoms. The Labute approximate surface area is 217 Å². The Morgan fingerprint density at radius 1 is 0.622 bits per heavy atom. The van der Waals surface area contributed by atoms with Crippen molar-refractivity contribution in [2.45, 2.75) is 20.8 Å². The minimum atomic E-state index is 1.13. The normalized spacial score (nSPS) is 13.1. The smallest absolute Gasteiger partial charge is 0.0543 e. The summed E-state index contributed by atoms with van der Waals surface area (Å²) in [6.45, 7) is 10.2. The second-order valence-corrected chi connectivity index (χ2v) is 9.41. The van der Waals surface area contributed by atoms with Gasteiger partial charge in [0.1, 0.15) is 0 Å². The summed E-state index contributed by atoms with van der Waals surface area (Å²) in [7, 11) is 0. The molecule has 4 aromatic carbocycles. The lowest BCUT2D eigenvalue weighted by Gasteiger charge is -2.10. The van der Waals surface area contributed by atoms with E-state index in [0.29, 0.717) is 0 Å². The fourth-order valence-corrected chi connectivity index (χ4v) is 5.56. The molecule has 0 bridgehead atoms. The average molecular weight is 479 g/mol. The molecule has 0 saturated carbocycles. The number of hydrogen-bond donors (Lipinski definition) is 0. The fraction of sp³-hybridized carbons (Fsp3) is 0.0857. The van der Waals surface area contributed by atoms with Gasteiger partial charge in [0.25, 0.3) is 0 Å². The van der Waals surface area contributed by atoms with Crippen LogP contribution >= 0.6 is 0 Å². The second kappa shape index (κ2) is 9.15. The molecule has 6 rings (SSSR count). The van der Waals surface area contributed by atoms with Crippen LogP contribution in [-0.2, 0) is 0 Å². The maximum absolute atomic E-state index is 3.85. The number of rotatable bonds is 5. The number of hydrogen-bond acceptors (Lipinski definition) is 0. The van der Waals surface area contributed by atoms with Crippen molar-refractivity contribution in [3.8, 4) is 11.1 Å². The van der Waals surface area contributed by atoms with Crippen molar-refractivity contribution in [1.82, 2.24) is 9.13 Å². The molecule has 180 valence electrons. The molecular weight excluding hydrogens is 448 g/mol. The van der Waals surface area contributed by atoms with Gasteiger partial charge in [0, 0.05) is 32.9 Å². The summed E-state index contributed by atoms with van der Waals surface area (Å²) in [4.78, 5) is 0. The van der Waals surface area contributed by atoms with Crippen molar-refractivity contribution in [1.29, 1.82) is 0 Å². The number of fused-ring (bicyclic) bond motifs is 6. The third-order valence-electron chi connectivity index (χ3n) is 7.41. The lowest BCUT2D eigenvalue weighted by molar-refractivity contribution is 1.19. The zero-order chi connectivity index (χ0) is 25.5. The second-order valence-electron chi connectivity index (χ2n) is 9.41. The minimum absolute atomic E-state index is 1.13. The van der Waals surface area contributed by atoms with Crippen molar-refractivity contribution >= 4 is 55.0 Å². The van der Waals surface area contributed by atoms with Gasteiger partial charge in [-0.1, -0.05) is 85.5 Å². The van der Waals surface area contributed by atoms with Crippen molar-refractivity contribution < 1.29 is 0 Å². The van der Waals surface area contributed by atoms with Gasteiger partial charge in [-0.05, 0) is 68.3 Å². The Kier molecular flexibility index (Phi) is 5.65. The van der Waals surface area contributed by atoms with Crippen LogP contribution in [0.3, 0.4) is 0 Å². The van der Waals surface area contributed by atoms with Crippen molar-refractivity contribution in [2.24, 2.45) is 0 Å². The number of nitrogens with zero attached hydrogens (tertiary/aromatic N) is 2. The highest BCUT2D eigenvalue weighted by atomic mass is 15.0. The van der Waals surface area contributed by atoms with Gasteiger partial charge in [-0.3, -0.25) is 0 Å². The molecule has 37 heavy (non-hydrogen) atoms. The highest BCUT2D eigenvalue weighted by molar-refractivity contribution is 6.13. The summed E-state index contributed by atoms with van der Waals surface area (Å²) in [5.41, 5.74) is 9.69. The van der Waals surface area contributed by atoms with E-state index in [1.807, 2.05) is 12.2 Å². The van der Waals surface area contributed by atoms with Gasteiger partial charge in [0.2, 0.25) is 0 Å². The molecule has 0 aliphatic heterocycles. The predicted molar refractivity (Wildman–Crippen MR) is 163 cm³/mol. The minimum Gasteiger partial charge on any atom is -0.314 e. The quantitative estimate of drug-likeness (QED) is 0.218. The van der Waals surface area contributed by atoms with Crippen LogP contribution in [0.4, 0.5) is 0 Å². The maximum Gasteiger partial charge on any atom is 0.0543 e. The number of allylic oxidation sites excluding steroid dienone is 7. The average Bonchev–Trinajstić information content (AvgIpc) is 3.45. The van der Waals surface area contributed by atoms with Crippen LogP contribution < -0.4 is 0 Å². The summed E-state index contributed by atoms with van der Waals surface area (Å²) < 4.78 is 4.72. The topological polar surface area (TPSA) is 9.86 Å². The molecular formula is C35H30N2.